The Morgan fingerprint density at radius 3 is 3.00 bits per heavy atom. The van der Waals surface area contributed by atoms with Crippen LogP contribution in [0.3, 0.4) is 0 Å². The SMILES string of the molecule is CCCC(=O)N1CCC[C@@H](c2nnc(C(=O)Nc3cccc(Cl)c3)s2)C1. The largest absolute Gasteiger partial charge is 0.342 e. The number of halogens is 1. The average molecular weight is 393 g/mol. The average Bonchev–Trinajstić information content (AvgIpc) is 3.12. The van der Waals surface area contributed by atoms with Gasteiger partial charge in [0.15, 0.2) is 0 Å². The van der Waals surface area contributed by atoms with E-state index in [1.54, 1.807) is 24.3 Å². The van der Waals surface area contributed by atoms with Crippen LogP contribution in [0.15, 0.2) is 24.3 Å². The normalized spacial score (nSPS) is 17.2. The summed E-state index contributed by atoms with van der Waals surface area (Å²) < 4.78 is 0. The smallest absolute Gasteiger partial charge is 0.286 e. The first kappa shape index (κ1) is 18.8. The first-order valence-electron chi connectivity index (χ1n) is 8.75. The Labute approximate surface area is 161 Å². The van der Waals surface area contributed by atoms with E-state index in [-0.39, 0.29) is 17.7 Å². The van der Waals surface area contributed by atoms with Crippen LogP contribution in [-0.2, 0) is 4.79 Å². The minimum Gasteiger partial charge on any atom is -0.342 e. The number of rotatable bonds is 5. The van der Waals surface area contributed by atoms with Gasteiger partial charge in [0.1, 0.15) is 5.01 Å². The van der Waals surface area contributed by atoms with Crippen molar-refractivity contribution in [1.29, 1.82) is 0 Å². The second-order valence-corrected chi connectivity index (χ2v) is 7.78. The number of amides is 2. The van der Waals surface area contributed by atoms with Crippen molar-refractivity contribution in [2.75, 3.05) is 18.4 Å². The molecule has 138 valence electrons. The Hall–Kier alpha value is -1.99. The fourth-order valence-corrected chi connectivity index (χ4v) is 4.07. The van der Waals surface area contributed by atoms with Gasteiger partial charge in [-0.15, -0.1) is 10.2 Å². The third-order valence-corrected chi connectivity index (χ3v) is 5.62. The summed E-state index contributed by atoms with van der Waals surface area (Å²) in [5, 5.41) is 12.7. The lowest BCUT2D eigenvalue weighted by molar-refractivity contribution is -0.132. The highest BCUT2D eigenvalue weighted by Crippen LogP contribution is 2.29. The Balaban J connectivity index is 1.65. The monoisotopic (exact) mass is 392 g/mol. The van der Waals surface area contributed by atoms with E-state index in [9.17, 15) is 9.59 Å². The van der Waals surface area contributed by atoms with Crippen LogP contribution in [0, 0.1) is 0 Å². The van der Waals surface area contributed by atoms with Crippen molar-refractivity contribution in [1.82, 2.24) is 15.1 Å². The molecule has 6 nitrogen and oxygen atoms in total. The predicted molar refractivity (Wildman–Crippen MR) is 103 cm³/mol. The van der Waals surface area contributed by atoms with Crippen LogP contribution < -0.4 is 5.32 Å². The molecule has 0 radical (unpaired) electrons. The molecule has 26 heavy (non-hydrogen) atoms. The van der Waals surface area contributed by atoms with Crippen molar-refractivity contribution in [2.45, 2.75) is 38.5 Å². The zero-order valence-electron chi connectivity index (χ0n) is 14.6. The Kier molecular flexibility index (Phi) is 6.21. The fourth-order valence-electron chi connectivity index (χ4n) is 3.02. The molecule has 8 heteroatoms. The molecule has 1 fully saturated rings. The molecule has 1 N–H and O–H groups in total. The number of hydrogen-bond donors (Lipinski definition) is 1. The van der Waals surface area contributed by atoms with Gasteiger partial charge in [0, 0.05) is 36.1 Å². The molecule has 2 amide bonds. The molecule has 0 aliphatic carbocycles. The molecule has 1 aliphatic heterocycles. The van der Waals surface area contributed by atoms with E-state index in [2.05, 4.69) is 15.5 Å². The van der Waals surface area contributed by atoms with Crippen LogP contribution in [0.5, 0.6) is 0 Å². The zero-order valence-corrected chi connectivity index (χ0v) is 16.1. The summed E-state index contributed by atoms with van der Waals surface area (Å²) in [7, 11) is 0. The molecular weight excluding hydrogens is 372 g/mol. The third-order valence-electron chi connectivity index (χ3n) is 4.30. The van der Waals surface area contributed by atoms with Crippen LogP contribution in [0.4, 0.5) is 5.69 Å². The molecule has 2 heterocycles. The van der Waals surface area contributed by atoms with Gasteiger partial charge in [-0.25, -0.2) is 0 Å². The molecule has 3 rings (SSSR count). The van der Waals surface area contributed by atoms with Gasteiger partial charge in [0.2, 0.25) is 10.9 Å². The van der Waals surface area contributed by atoms with Gasteiger partial charge >= 0.3 is 0 Å². The molecular formula is C18H21ClN4O2S. The van der Waals surface area contributed by atoms with Crippen LogP contribution in [0.2, 0.25) is 5.02 Å². The number of carbonyl (C=O) groups excluding carboxylic acids is 2. The van der Waals surface area contributed by atoms with Gasteiger partial charge in [-0.2, -0.15) is 0 Å². The minimum absolute atomic E-state index is 0.148. The summed E-state index contributed by atoms with van der Waals surface area (Å²) in [5.41, 5.74) is 0.619. The summed E-state index contributed by atoms with van der Waals surface area (Å²) in [5.74, 6) is 0.0427. The predicted octanol–water partition coefficient (Wildman–Crippen LogP) is 3.95. The fraction of sp³-hybridized carbons (Fsp3) is 0.444. The number of aromatic nitrogens is 2. The number of benzene rings is 1. The number of carbonyl (C=O) groups is 2. The number of nitrogens with zero attached hydrogens (tertiary/aromatic N) is 3. The van der Waals surface area contributed by atoms with Crippen molar-refractivity contribution >= 4 is 40.4 Å². The maximum Gasteiger partial charge on any atom is 0.286 e. The van der Waals surface area contributed by atoms with Crippen LogP contribution >= 0.6 is 22.9 Å². The maximum absolute atomic E-state index is 12.4. The van der Waals surface area contributed by atoms with Crippen molar-refractivity contribution in [3.05, 3.63) is 39.3 Å². The summed E-state index contributed by atoms with van der Waals surface area (Å²) >= 11 is 7.23. The molecule has 0 unspecified atom stereocenters. The number of hydrogen-bond acceptors (Lipinski definition) is 5. The first-order chi connectivity index (χ1) is 12.6. The lowest BCUT2D eigenvalue weighted by atomic mass is 9.98. The lowest BCUT2D eigenvalue weighted by Gasteiger charge is -2.31. The molecule has 1 aliphatic rings. The van der Waals surface area contributed by atoms with Crippen molar-refractivity contribution < 1.29 is 9.59 Å². The zero-order chi connectivity index (χ0) is 18.5. The van der Waals surface area contributed by atoms with E-state index < -0.39 is 0 Å². The quantitative estimate of drug-likeness (QED) is 0.835. The number of piperidine rings is 1. The van der Waals surface area contributed by atoms with E-state index in [1.807, 2.05) is 11.8 Å². The molecule has 1 aromatic heterocycles. The minimum atomic E-state index is -0.300. The lowest BCUT2D eigenvalue weighted by Crippen LogP contribution is -2.38. The molecule has 2 aromatic rings. The Bertz CT molecular complexity index is 795. The van der Waals surface area contributed by atoms with E-state index in [0.717, 1.165) is 30.8 Å². The van der Waals surface area contributed by atoms with Crippen molar-refractivity contribution in [2.24, 2.45) is 0 Å². The van der Waals surface area contributed by atoms with Crippen LogP contribution in [-0.4, -0.2) is 40.0 Å². The Morgan fingerprint density at radius 2 is 2.23 bits per heavy atom. The van der Waals surface area contributed by atoms with Gasteiger partial charge in [0.25, 0.3) is 5.91 Å². The Morgan fingerprint density at radius 1 is 1.38 bits per heavy atom. The van der Waals surface area contributed by atoms with E-state index >= 15 is 0 Å². The molecule has 0 spiro atoms. The number of nitrogens with one attached hydrogen (secondary N) is 1. The molecule has 1 saturated heterocycles. The van der Waals surface area contributed by atoms with E-state index in [4.69, 9.17) is 11.6 Å². The first-order valence-corrected chi connectivity index (χ1v) is 9.94. The second-order valence-electron chi connectivity index (χ2n) is 6.34. The highest BCUT2D eigenvalue weighted by molar-refractivity contribution is 7.13. The molecule has 1 aromatic carbocycles. The number of anilines is 1. The summed E-state index contributed by atoms with van der Waals surface area (Å²) in [6.07, 6.45) is 3.34. The molecule has 0 saturated carbocycles. The van der Waals surface area contributed by atoms with Gasteiger partial charge in [-0.05, 0) is 37.5 Å². The van der Waals surface area contributed by atoms with Gasteiger partial charge < -0.3 is 10.2 Å². The van der Waals surface area contributed by atoms with Crippen molar-refractivity contribution in [3.63, 3.8) is 0 Å². The summed E-state index contributed by atoms with van der Waals surface area (Å²) in [6.45, 7) is 3.47. The summed E-state index contributed by atoms with van der Waals surface area (Å²) in [4.78, 5) is 26.4. The van der Waals surface area contributed by atoms with Gasteiger partial charge in [-0.1, -0.05) is 35.9 Å². The highest BCUT2D eigenvalue weighted by atomic mass is 35.5. The van der Waals surface area contributed by atoms with E-state index in [1.165, 1.54) is 11.3 Å². The van der Waals surface area contributed by atoms with Crippen molar-refractivity contribution in [3.8, 4) is 0 Å². The standard InChI is InChI=1S/C18H21ClN4O2S/c1-2-5-15(24)23-9-4-6-12(11-23)17-21-22-18(26-17)16(25)20-14-8-3-7-13(19)10-14/h3,7-8,10,12H,2,4-6,9,11H2,1H3,(H,20,25)/t12-/m1/s1. The van der Waals surface area contributed by atoms with Crippen LogP contribution in [0.1, 0.15) is 53.3 Å². The highest BCUT2D eigenvalue weighted by Gasteiger charge is 2.27. The molecule has 1 atom stereocenters. The van der Waals surface area contributed by atoms with Gasteiger partial charge in [0.05, 0.1) is 0 Å². The molecule has 0 bridgehead atoms. The summed E-state index contributed by atoms with van der Waals surface area (Å²) in [6, 6.07) is 6.96. The number of likely N-dealkylation sites (tertiary alicyclic amines) is 1. The topological polar surface area (TPSA) is 75.2 Å². The maximum atomic E-state index is 12.4. The van der Waals surface area contributed by atoms with Crippen LogP contribution in [0.25, 0.3) is 0 Å². The van der Waals surface area contributed by atoms with E-state index in [0.29, 0.717) is 28.7 Å². The van der Waals surface area contributed by atoms with Gasteiger partial charge in [-0.3, -0.25) is 9.59 Å². The second kappa shape index (κ2) is 8.60. The third kappa shape index (κ3) is 4.59.